The molecule has 0 radical (unpaired) electrons. The van der Waals surface area contributed by atoms with Crippen molar-refractivity contribution in [3.63, 3.8) is 0 Å². The van der Waals surface area contributed by atoms with E-state index in [1.54, 1.807) is 7.11 Å². The van der Waals surface area contributed by atoms with Gasteiger partial charge in [0, 0.05) is 32.3 Å². The van der Waals surface area contributed by atoms with Gasteiger partial charge in [-0.1, -0.05) is 30.7 Å². The number of nitrogens with one attached hydrogen (secondary N) is 1. The third kappa shape index (κ3) is 3.91. The van der Waals surface area contributed by atoms with E-state index in [0.717, 1.165) is 24.7 Å². The van der Waals surface area contributed by atoms with Crippen molar-refractivity contribution in [2.75, 3.05) is 25.2 Å². The second-order valence-electron chi connectivity index (χ2n) is 5.81. The molecule has 21 heavy (non-hydrogen) atoms. The number of ether oxygens (including phenoxy) is 1. The van der Waals surface area contributed by atoms with Gasteiger partial charge in [-0.2, -0.15) is 0 Å². The van der Waals surface area contributed by atoms with Crippen molar-refractivity contribution in [3.8, 4) is 0 Å². The molecule has 2 atom stereocenters. The van der Waals surface area contributed by atoms with Crippen molar-refractivity contribution in [2.24, 2.45) is 0 Å². The molecule has 0 bridgehead atoms. The monoisotopic (exact) mass is 310 g/mol. The highest BCUT2D eigenvalue weighted by Gasteiger charge is 2.31. The van der Waals surface area contributed by atoms with E-state index < -0.39 is 0 Å². The number of nitrogens with zero attached hydrogens (tertiary/aromatic N) is 1. The Bertz CT molecular complexity index is 452. The Morgan fingerprint density at radius 1 is 1.38 bits per heavy atom. The van der Waals surface area contributed by atoms with Gasteiger partial charge in [0.1, 0.15) is 0 Å². The molecule has 0 aromatic heterocycles. The maximum absolute atomic E-state index is 6.54. The van der Waals surface area contributed by atoms with Crippen LogP contribution in [0.2, 0.25) is 5.02 Å². The number of hydrogen-bond acceptors (Lipinski definition) is 3. The Balaban J connectivity index is 2.20. The standard InChI is InChI=1S/C17H27ClN2O/c1-4-15-9-8-13(2)20(15)17-14(6-5-7-16(17)18)12-19-10-11-21-3/h5-7,13,15,19H,4,8-12H2,1-3H3. The van der Waals surface area contributed by atoms with Gasteiger partial charge in [0.15, 0.2) is 0 Å². The quantitative estimate of drug-likeness (QED) is 0.774. The van der Waals surface area contributed by atoms with Gasteiger partial charge in [0.05, 0.1) is 17.3 Å². The van der Waals surface area contributed by atoms with Crippen LogP contribution in [0.1, 0.15) is 38.7 Å². The first-order chi connectivity index (χ1) is 10.2. The molecular weight excluding hydrogens is 284 g/mol. The van der Waals surface area contributed by atoms with Gasteiger partial charge in [-0.05, 0) is 37.8 Å². The van der Waals surface area contributed by atoms with E-state index in [4.69, 9.17) is 16.3 Å². The second-order valence-corrected chi connectivity index (χ2v) is 6.22. The van der Waals surface area contributed by atoms with Gasteiger partial charge in [0.2, 0.25) is 0 Å². The summed E-state index contributed by atoms with van der Waals surface area (Å²) < 4.78 is 5.09. The smallest absolute Gasteiger partial charge is 0.0643 e. The molecule has 0 spiro atoms. The summed E-state index contributed by atoms with van der Waals surface area (Å²) >= 11 is 6.54. The predicted octanol–water partition coefficient (Wildman–Crippen LogP) is 3.84. The van der Waals surface area contributed by atoms with E-state index in [-0.39, 0.29) is 0 Å². The zero-order valence-corrected chi connectivity index (χ0v) is 14.1. The summed E-state index contributed by atoms with van der Waals surface area (Å²) in [6.45, 7) is 6.99. The molecule has 1 saturated heterocycles. The molecular formula is C17H27ClN2O. The summed E-state index contributed by atoms with van der Waals surface area (Å²) in [7, 11) is 1.73. The van der Waals surface area contributed by atoms with Crippen molar-refractivity contribution in [2.45, 2.75) is 51.7 Å². The number of rotatable bonds is 7. The van der Waals surface area contributed by atoms with Crippen molar-refractivity contribution < 1.29 is 4.74 Å². The molecule has 1 aliphatic rings. The highest BCUT2D eigenvalue weighted by atomic mass is 35.5. The fourth-order valence-corrected chi connectivity index (χ4v) is 3.56. The summed E-state index contributed by atoms with van der Waals surface area (Å²) in [6, 6.07) is 7.40. The van der Waals surface area contributed by atoms with Crippen molar-refractivity contribution in [1.29, 1.82) is 0 Å². The Labute approximate surface area is 133 Å². The van der Waals surface area contributed by atoms with Crippen LogP contribution in [0.3, 0.4) is 0 Å². The van der Waals surface area contributed by atoms with Gasteiger partial charge in [-0.15, -0.1) is 0 Å². The number of anilines is 1. The normalized spacial score (nSPS) is 22.0. The minimum absolute atomic E-state index is 0.563. The Hall–Kier alpha value is -0.770. The van der Waals surface area contributed by atoms with Gasteiger partial charge in [-0.25, -0.2) is 0 Å². The van der Waals surface area contributed by atoms with E-state index in [9.17, 15) is 0 Å². The molecule has 1 aliphatic heterocycles. The van der Waals surface area contributed by atoms with Crippen LogP contribution in [0.4, 0.5) is 5.69 Å². The molecule has 1 N–H and O–H groups in total. The maximum atomic E-state index is 6.54. The summed E-state index contributed by atoms with van der Waals surface area (Å²) in [6.07, 6.45) is 3.69. The lowest BCUT2D eigenvalue weighted by Gasteiger charge is -2.33. The number of halogens is 1. The Kier molecular flexibility index (Phi) is 6.34. The SMILES string of the molecule is CCC1CCC(C)N1c1c(Cl)cccc1CNCCOC. The lowest BCUT2D eigenvalue weighted by molar-refractivity contribution is 0.199. The molecule has 0 saturated carbocycles. The van der Waals surface area contributed by atoms with Crippen molar-refractivity contribution in [3.05, 3.63) is 28.8 Å². The minimum Gasteiger partial charge on any atom is -0.383 e. The minimum atomic E-state index is 0.563. The third-order valence-electron chi connectivity index (χ3n) is 4.38. The van der Waals surface area contributed by atoms with E-state index in [1.807, 2.05) is 12.1 Å². The Morgan fingerprint density at radius 3 is 2.90 bits per heavy atom. The predicted molar refractivity (Wildman–Crippen MR) is 90.3 cm³/mol. The van der Waals surface area contributed by atoms with Gasteiger partial charge in [-0.3, -0.25) is 0 Å². The van der Waals surface area contributed by atoms with Crippen LogP contribution in [0.5, 0.6) is 0 Å². The molecule has 1 aromatic carbocycles. The molecule has 1 aromatic rings. The lowest BCUT2D eigenvalue weighted by Crippen LogP contribution is -2.35. The number of hydrogen-bond donors (Lipinski definition) is 1. The van der Waals surface area contributed by atoms with Crippen molar-refractivity contribution in [1.82, 2.24) is 5.32 Å². The molecule has 4 heteroatoms. The first kappa shape index (κ1) is 16.6. The molecule has 2 unspecified atom stereocenters. The summed E-state index contributed by atoms with van der Waals surface area (Å²) in [5.74, 6) is 0. The lowest BCUT2D eigenvalue weighted by atomic mass is 10.1. The number of benzene rings is 1. The molecule has 0 amide bonds. The van der Waals surface area contributed by atoms with Crippen LogP contribution in [0.15, 0.2) is 18.2 Å². The largest absolute Gasteiger partial charge is 0.383 e. The van der Waals surface area contributed by atoms with Crippen LogP contribution >= 0.6 is 11.6 Å². The zero-order valence-electron chi connectivity index (χ0n) is 13.4. The van der Waals surface area contributed by atoms with Crippen molar-refractivity contribution >= 4 is 17.3 Å². The van der Waals surface area contributed by atoms with Crippen LogP contribution in [0, 0.1) is 0 Å². The van der Waals surface area contributed by atoms with Crippen LogP contribution < -0.4 is 10.2 Å². The molecule has 118 valence electrons. The summed E-state index contributed by atoms with van der Waals surface area (Å²) in [4.78, 5) is 2.54. The molecule has 3 nitrogen and oxygen atoms in total. The Morgan fingerprint density at radius 2 is 2.19 bits per heavy atom. The van der Waals surface area contributed by atoms with E-state index in [1.165, 1.54) is 30.5 Å². The average molecular weight is 311 g/mol. The van der Waals surface area contributed by atoms with E-state index in [0.29, 0.717) is 12.1 Å². The average Bonchev–Trinajstić information content (AvgIpc) is 2.85. The van der Waals surface area contributed by atoms with Gasteiger partial charge >= 0.3 is 0 Å². The molecule has 1 fully saturated rings. The first-order valence-electron chi connectivity index (χ1n) is 7.94. The summed E-state index contributed by atoms with van der Waals surface area (Å²) in [5, 5.41) is 4.30. The van der Waals surface area contributed by atoms with Gasteiger partial charge < -0.3 is 15.0 Å². The zero-order chi connectivity index (χ0) is 15.2. The number of para-hydroxylation sites is 1. The van der Waals surface area contributed by atoms with E-state index in [2.05, 4.69) is 30.1 Å². The first-order valence-corrected chi connectivity index (χ1v) is 8.32. The van der Waals surface area contributed by atoms with Gasteiger partial charge in [0.25, 0.3) is 0 Å². The molecule has 1 heterocycles. The summed E-state index contributed by atoms with van der Waals surface area (Å²) in [5.41, 5.74) is 2.51. The van der Waals surface area contributed by atoms with Crippen LogP contribution in [0.25, 0.3) is 0 Å². The molecule has 2 rings (SSSR count). The second kappa shape index (κ2) is 8.02. The molecule has 0 aliphatic carbocycles. The maximum Gasteiger partial charge on any atom is 0.0643 e. The fourth-order valence-electron chi connectivity index (χ4n) is 3.26. The fraction of sp³-hybridized carbons (Fsp3) is 0.647. The van der Waals surface area contributed by atoms with E-state index >= 15 is 0 Å². The highest BCUT2D eigenvalue weighted by molar-refractivity contribution is 6.33. The van der Waals surface area contributed by atoms with Crippen LogP contribution in [-0.2, 0) is 11.3 Å². The third-order valence-corrected chi connectivity index (χ3v) is 4.69. The topological polar surface area (TPSA) is 24.5 Å². The highest BCUT2D eigenvalue weighted by Crippen LogP contribution is 2.38. The number of methoxy groups -OCH3 is 1. The van der Waals surface area contributed by atoms with Crippen LogP contribution in [-0.4, -0.2) is 32.3 Å².